The highest BCUT2D eigenvalue weighted by Gasteiger charge is 2.24. The fourth-order valence-corrected chi connectivity index (χ4v) is 2.64. The maximum atomic E-state index is 5.44. The highest BCUT2D eigenvalue weighted by molar-refractivity contribution is 5.39. The van der Waals surface area contributed by atoms with Gasteiger partial charge in [-0.25, -0.2) is 0 Å². The minimum absolute atomic E-state index is 0.339. The Labute approximate surface area is 104 Å². The summed E-state index contributed by atoms with van der Waals surface area (Å²) in [6.45, 7) is 5.11. The molecule has 0 spiro atoms. The highest BCUT2D eigenvalue weighted by atomic mass is 16.5. The SMILES string of the molecule is C=CC(c1ccccc1OC)C1CCCCN1. The van der Waals surface area contributed by atoms with Crippen molar-refractivity contribution in [3.63, 3.8) is 0 Å². The van der Waals surface area contributed by atoms with Crippen molar-refractivity contribution in [2.45, 2.75) is 31.2 Å². The number of nitrogens with one attached hydrogen (secondary N) is 1. The molecule has 2 atom stereocenters. The Bertz CT molecular complexity index is 369. The minimum atomic E-state index is 0.339. The number of para-hydroxylation sites is 1. The Kier molecular flexibility index (Phi) is 4.21. The molecule has 17 heavy (non-hydrogen) atoms. The second-order valence-corrected chi connectivity index (χ2v) is 4.56. The lowest BCUT2D eigenvalue weighted by molar-refractivity contribution is 0.363. The Morgan fingerprint density at radius 3 is 2.88 bits per heavy atom. The lowest BCUT2D eigenvalue weighted by Crippen LogP contribution is -2.38. The van der Waals surface area contributed by atoms with Crippen molar-refractivity contribution >= 4 is 0 Å². The standard InChI is InChI=1S/C15H21NO/c1-3-12(14-9-6-7-11-16-14)13-8-4-5-10-15(13)17-2/h3-5,8,10,12,14,16H,1,6-7,9,11H2,2H3. The molecule has 1 fully saturated rings. The van der Waals surface area contributed by atoms with E-state index in [0.29, 0.717) is 12.0 Å². The molecule has 0 saturated carbocycles. The number of hydrogen-bond donors (Lipinski definition) is 1. The summed E-state index contributed by atoms with van der Waals surface area (Å²) in [6.07, 6.45) is 5.85. The average molecular weight is 231 g/mol. The third-order valence-electron chi connectivity index (χ3n) is 3.53. The topological polar surface area (TPSA) is 21.3 Å². The predicted octanol–water partition coefficient (Wildman–Crippen LogP) is 3.11. The number of methoxy groups -OCH3 is 1. The summed E-state index contributed by atoms with van der Waals surface area (Å²) in [5.74, 6) is 1.30. The van der Waals surface area contributed by atoms with Crippen LogP contribution in [0, 0.1) is 0 Å². The summed E-state index contributed by atoms with van der Waals surface area (Å²) in [6, 6.07) is 8.74. The summed E-state index contributed by atoms with van der Waals surface area (Å²) in [4.78, 5) is 0. The van der Waals surface area contributed by atoms with E-state index in [1.54, 1.807) is 7.11 Å². The first kappa shape index (κ1) is 12.2. The van der Waals surface area contributed by atoms with E-state index < -0.39 is 0 Å². The van der Waals surface area contributed by atoms with Crippen LogP contribution in [0.5, 0.6) is 5.75 Å². The number of rotatable bonds is 4. The fraction of sp³-hybridized carbons (Fsp3) is 0.467. The zero-order chi connectivity index (χ0) is 12.1. The van der Waals surface area contributed by atoms with E-state index in [9.17, 15) is 0 Å². The fourth-order valence-electron chi connectivity index (χ4n) is 2.64. The van der Waals surface area contributed by atoms with Crippen LogP contribution in [0.1, 0.15) is 30.7 Å². The van der Waals surface area contributed by atoms with Crippen LogP contribution in [0.3, 0.4) is 0 Å². The molecule has 2 unspecified atom stereocenters. The van der Waals surface area contributed by atoms with E-state index in [1.165, 1.54) is 24.8 Å². The van der Waals surface area contributed by atoms with Crippen LogP contribution in [0.25, 0.3) is 0 Å². The van der Waals surface area contributed by atoms with Gasteiger partial charge < -0.3 is 10.1 Å². The highest BCUT2D eigenvalue weighted by Crippen LogP contribution is 2.32. The summed E-state index contributed by atoms with van der Waals surface area (Å²) >= 11 is 0. The van der Waals surface area contributed by atoms with Crippen LogP contribution in [-0.4, -0.2) is 19.7 Å². The van der Waals surface area contributed by atoms with Gasteiger partial charge in [0.25, 0.3) is 0 Å². The Hall–Kier alpha value is -1.28. The van der Waals surface area contributed by atoms with Crippen molar-refractivity contribution < 1.29 is 4.74 Å². The average Bonchev–Trinajstić information content (AvgIpc) is 2.41. The van der Waals surface area contributed by atoms with Gasteiger partial charge in [0.1, 0.15) is 5.75 Å². The molecular formula is C15H21NO. The first-order valence-electron chi connectivity index (χ1n) is 6.35. The molecule has 1 aliphatic heterocycles. The molecule has 0 radical (unpaired) electrons. The van der Waals surface area contributed by atoms with Gasteiger partial charge in [0, 0.05) is 17.5 Å². The maximum absolute atomic E-state index is 5.44. The van der Waals surface area contributed by atoms with Gasteiger partial charge in [-0.2, -0.15) is 0 Å². The van der Waals surface area contributed by atoms with Gasteiger partial charge in [0.2, 0.25) is 0 Å². The molecule has 2 nitrogen and oxygen atoms in total. The number of piperidine rings is 1. The summed E-state index contributed by atoms with van der Waals surface area (Å²) in [5, 5.41) is 3.59. The Morgan fingerprint density at radius 2 is 2.24 bits per heavy atom. The van der Waals surface area contributed by atoms with E-state index in [0.717, 1.165) is 12.3 Å². The monoisotopic (exact) mass is 231 g/mol. The van der Waals surface area contributed by atoms with Crippen LogP contribution in [0.15, 0.2) is 36.9 Å². The van der Waals surface area contributed by atoms with E-state index in [1.807, 2.05) is 18.2 Å². The quantitative estimate of drug-likeness (QED) is 0.804. The minimum Gasteiger partial charge on any atom is -0.496 e. The van der Waals surface area contributed by atoms with E-state index >= 15 is 0 Å². The molecule has 0 aliphatic carbocycles. The molecular weight excluding hydrogens is 210 g/mol. The van der Waals surface area contributed by atoms with Crippen LogP contribution in [0.4, 0.5) is 0 Å². The van der Waals surface area contributed by atoms with Crippen LogP contribution >= 0.6 is 0 Å². The van der Waals surface area contributed by atoms with Crippen LogP contribution in [0.2, 0.25) is 0 Å². The summed E-state index contributed by atoms with van der Waals surface area (Å²) < 4.78 is 5.44. The van der Waals surface area contributed by atoms with Crippen molar-refractivity contribution in [1.29, 1.82) is 0 Å². The zero-order valence-corrected chi connectivity index (χ0v) is 10.5. The molecule has 1 saturated heterocycles. The number of ether oxygens (including phenoxy) is 1. The van der Waals surface area contributed by atoms with Gasteiger partial charge in [-0.05, 0) is 25.5 Å². The van der Waals surface area contributed by atoms with Crippen LogP contribution < -0.4 is 10.1 Å². The molecule has 1 aromatic carbocycles. The van der Waals surface area contributed by atoms with E-state index in [-0.39, 0.29) is 0 Å². The first-order valence-corrected chi connectivity index (χ1v) is 6.35. The lowest BCUT2D eigenvalue weighted by atomic mass is 9.86. The number of hydrogen-bond acceptors (Lipinski definition) is 2. The van der Waals surface area contributed by atoms with Gasteiger partial charge in [-0.1, -0.05) is 30.7 Å². The molecule has 0 amide bonds. The second-order valence-electron chi connectivity index (χ2n) is 4.56. The normalized spacial score (nSPS) is 21.8. The van der Waals surface area contributed by atoms with Crippen molar-refractivity contribution in [2.75, 3.05) is 13.7 Å². The Balaban J connectivity index is 2.24. The van der Waals surface area contributed by atoms with E-state index in [4.69, 9.17) is 4.74 Å². The van der Waals surface area contributed by atoms with Gasteiger partial charge >= 0.3 is 0 Å². The predicted molar refractivity (Wildman–Crippen MR) is 71.6 cm³/mol. The van der Waals surface area contributed by atoms with E-state index in [2.05, 4.69) is 24.0 Å². The summed E-state index contributed by atoms with van der Waals surface area (Å²) in [7, 11) is 1.73. The van der Waals surface area contributed by atoms with Crippen molar-refractivity contribution in [3.8, 4) is 5.75 Å². The van der Waals surface area contributed by atoms with Gasteiger partial charge in [0.15, 0.2) is 0 Å². The molecule has 2 heteroatoms. The smallest absolute Gasteiger partial charge is 0.122 e. The maximum Gasteiger partial charge on any atom is 0.122 e. The molecule has 1 N–H and O–H groups in total. The largest absolute Gasteiger partial charge is 0.496 e. The molecule has 0 aromatic heterocycles. The van der Waals surface area contributed by atoms with Gasteiger partial charge in [0.05, 0.1) is 7.11 Å². The molecule has 1 aliphatic rings. The third kappa shape index (κ3) is 2.70. The van der Waals surface area contributed by atoms with Crippen molar-refractivity contribution in [3.05, 3.63) is 42.5 Å². The van der Waals surface area contributed by atoms with Gasteiger partial charge in [-0.15, -0.1) is 6.58 Å². The van der Waals surface area contributed by atoms with Crippen molar-refractivity contribution in [2.24, 2.45) is 0 Å². The first-order chi connectivity index (χ1) is 8.36. The van der Waals surface area contributed by atoms with Gasteiger partial charge in [-0.3, -0.25) is 0 Å². The Morgan fingerprint density at radius 1 is 1.41 bits per heavy atom. The molecule has 1 aromatic rings. The molecule has 1 heterocycles. The van der Waals surface area contributed by atoms with Crippen molar-refractivity contribution in [1.82, 2.24) is 5.32 Å². The zero-order valence-electron chi connectivity index (χ0n) is 10.5. The lowest BCUT2D eigenvalue weighted by Gasteiger charge is -2.30. The third-order valence-corrected chi connectivity index (χ3v) is 3.53. The molecule has 92 valence electrons. The van der Waals surface area contributed by atoms with Crippen LogP contribution in [-0.2, 0) is 0 Å². The molecule has 0 bridgehead atoms. The second kappa shape index (κ2) is 5.87. The number of benzene rings is 1. The summed E-state index contributed by atoms with van der Waals surface area (Å²) in [5.41, 5.74) is 1.24. The molecule has 2 rings (SSSR count).